The monoisotopic (exact) mass is 315 g/mol. The standard InChI is InChI=1S/C15H29N3O2S/c1-2-16-15(18-11-14-6-4-10-21-14)17-7-9-19-12-13-5-3-8-20-13/h13-14H,2-12H2,1H3,(H2,16,17,18). The van der Waals surface area contributed by atoms with Crippen molar-refractivity contribution in [2.45, 2.75) is 44.0 Å². The number of aliphatic imine (C=N–C) groups is 1. The fourth-order valence-electron chi connectivity index (χ4n) is 2.56. The van der Waals surface area contributed by atoms with Crippen LogP contribution in [0.15, 0.2) is 4.99 Å². The van der Waals surface area contributed by atoms with E-state index in [0.717, 1.165) is 38.6 Å². The van der Waals surface area contributed by atoms with E-state index in [4.69, 9.17) is 9.47 Å². The molecule has 2 unspecified atom stereocenters. The number of guanidine groups is 1. The smallest absolute Gasteiger partial charge is 0.191 e. The van der Waals surface area contributed by atoms with Crippen molar-refractivity contribution in [3.63, 3.8) is 0 Å². The molecule has 0 bridgehead atoms. The highest BCUT2D eigenvalue weighted by atomic mass is 32.2. The molecule has 2 N–H and O–H groups in total. The first-order valence-electron chi connectivity index (χ1n) is 8.21. The molecule has 2 aliphatic rings. The minimum Gasteiger partial charge on any atom is -0.377 e. The average molecular weight is 315 g/mol. The zero-order chi connectivity index (χ0) is 14.8. The molecule has 0 aromatic rings. The minimum absolute atomic E-state index is 0.311. The van der Waals surface area contributed by atoms with Crippen LogP contribution in [0.3, 0.4) is 0 Å². The van der Waals surface area contributed by atoms with E-state index < -0.39 is 0 Å². The normalized spacial score (nSPS) is 26.2. The lowest BCUT2D eigenvalue weighted by Gasteiger charge is -2.14. The molecule has 5 nitrogen and oxygen atoms in total. The summed E-state index contributed by atoms with van der Waals surface area (Å²) in [6, 6.07) is 0. The van der Waals surface area contributed by atoms with Crippen LogP contribution < -0.4 is 10.6 Å². The molecule has 0 aromatic heterocycles. The summed E-state index contributed by atoms with van der Waals surface area (Å²) in [4.78, 5) is 4.66. The van der Waals surface area contributed by atoms with Crippen molar-refractivity contribution in [3.8, 4) is 0 Å². The molecule has 2 fully saturated rings. The fraction of sp³-hybridized carbons (Fsp3) is 0.933. The Morgan fingerprint density at radius 1 is 1.33 bits per heavy atom. The van der Waals surface area contributed by atoms with Crippen molar-refractivity contribution in [3.05, 3.63) is 0 Å². The number of hydrogen-bond acceptors (Lipinski definition) is 4. The van der Waals surface area contributed by atoms with Gasteiger partial charge < -0.3 is 20.1 Å². The van der Waals surface area contributed by atoms with Crippen molar-refractivity contribution in [2.24, 2.45) is 4.99 Å². The second kappa shape index (κ2) is 10.3. The summed E-state index contributed by atoms with van der Waals surface area (Å²) in [5, 5.41) is 7.33. The molecule has 122 valence electrons. The van der Waals surface area contributed by atoms with Crippen molar-refractivity contribution in [1.82, 2.24) is 10.6 Å². The molecule has 2 atom stereocenters. The van der Waals surface area contributed by atoms with Gasteiger partial charge in [-0.05, 0) is 38.4 Å². The van der Waals surface area contributed by atoms with Crippen LogP contribution in [0.1, 0.15) is 32.6 Å². The molecule has 0 spiro atoms. The number of thioether (sulfide) groups is 1. The van der Waals surface area contributed by atoms with Crippen LogP contribution in [0.4, 0.5) is 0 Å². The molecule has 0 saturated carbocycles. The molecule has 6 heteroatoms. The van der Waals surface area contributed by atoms with E-state index in [1.165, 1.54) is 25.0 Å². The molecule has 2 aliphatic heterocycles. The molecule has 2 saturated heterocycles. The van der Waals surface area contributed by atoms with Crippen molar-refractivity contribution < 1.29 is 9.47 Å². The van der Waals surface area contributed by atoms with E-state index in [-0.39, 0.29) is 0 Å². The topological polar surface area (TPSA) is 54.9 Å². The van der Waals surface area contributed by atoms with E-state index in [1.807, 2.05) is 11.8 Å². The third kappa shape index (κ3) is 6.89. The molecule has 0 aromatic carbocycles. The van der Waals surface area contributed by atoms with Crippen LogP contribution in [0.25, 0.3) is 0 Å². The van der Waals surface area contributed by atoms with Crippen molar-refractivity contribution in [2.75, 3.05) is 45.2 Å². The summed E-state index contributed by atoms with van der Waals surface area (Å²) >= 11 is 2.05. The summed E-state index contributed by atoms with van der Waals surface area (Å²) in [7, 11) is 0. The third-order valence-corrected chi connectivity index (χ3v) is 5.07. The maximum Gasteiger partial charge on any atom is 0.191 e. The van der Waals surface area contributed by atoms with Gasteiger partial charge in [0.2, 0.25) is 0 Å². The van der Waals surface area contributed by atoms with Gasteiger partial charge in [-0.1, -0.05) is 0 Å². The van der Waals surface area contributed by atoms with Gasteiger partial charge in [0.05, 0.1) is 25.9 Å². The summed E-state index contributed by atoms with van der Waals surface area (Å²) in [6.45, 7) is 6.99. The van der Waals surface area contributed by atoms with E-state index in [2.05, 4.69) is 22.5 Å². The van der Waals surface area contributed by atoms with Gasteiger partial charge in [0.1, 0.15) is 0 Å². The van der Waals surface area contributed by atoms with Gasteiger partial charge >= 0.3 is 0 Å². The van der Waals surface area contributed by atoms with Gasteiger partial charge in [-0.3, -0.25) is 4.99 Å². The molecule has 2 heterocycles. The Morgan fingerprint density at radius 3 is 3.00 bits per heavy atom. The first kappa shape index (κ1) is 16.9. The van der Waals surface area contributed by atoms with Crippen LogP contribution in [0.2, 0.25) is 0 Å². The van der Waals surface area contributed by atoms with E-state index in [1.54, 1.807) is 0 Å². The van der Waals surface area contributed by atoms with Crippen molar-refractivity contribution >= 4 is 17.7 Å². The van der Waals surface area contributed by atoms with Crippen LogP contribution in [0.5, 0.6) is 0 Å². The Labute approximate surface area is 132 Å². The molecule has 0 radical (unpaired) electrons. The molecule has 0 amide bonds. The highest BCUT2D eigenvalue weighted by Gasteiger charge is 2.16. The van der Waals surface area contributed by atoms with E-state index >= 15 is 0 Å². The summed E-state index contributed by atoms with van der Waals surface area (Å²) in [6.07, 6.45) is 5.26. The largest absolute Gasteiger partial charge is 0.377 e. The summed E-state index contributed by atoms with van der Waals surface area (Å²) in [5.41, 5.74) is 0. The van der Waals surface area contributed by atoms with Crippen LogP contribution in [-0.4, -0.2) is 62.5 Å². The van der Waals surface area contributed by atoms with E-state index in [0.29, 0.717) is 24.6 Å². The Balaban J connectivity index is 1.56. The minimum atomic E-state index is 0.311. The quantitative estimate of drug-likeness (QED) is 0.405. The molecular weight excluding hydrogens is 286 g/mol. The SMILES string of the molecule is CCNC(=NCC1CCCS1)NCCOCC1CCCO1. The molecule has 0 aliphatic carbocycles. The van der Waals surface area contributed by atoms with E-state index in [9.17, 15) is 0 Å². The third-order valence-electron chi connectivity index (χ3n) is 3.69. The molecular formula is C15H29N3O2S. The lowest BCUT2D eigenvalue weighted by atomic mass is 10.2. The zero-order valence-electron chi connectivity index (χ0n) is 13.1. The maximum atomic E-state index is 5.65. The van der Waals surface area contributed by atoms with Crippen LogP contribution >= 0.6 is 11.8 Å². The van der Waals surface area contributed by atoms with Gasteiger partial charge in [0, 0.05) is 24.9 Å². The highest BCUT2D eigenvalue weighted by molar-refractivity contribution is 8.00. The summed E-state index contributed by atoms with van der Waals surface area (Å²) < 4.78 is 11.2. The molecule has 21 heavy (non-hydrogen) atoms. The van der Waals surface area contributed by atoms with Crippen molar-refractivity contribution in [1.29, 1.82) is 0 Å². The number of rotatable bonds is 8. The number of nitrogens with one attached hydrogen (secondary N) is 2. The summed E-state index contributed by atoms with van der Waals surface area (Å²) in [5.74, 6) is 2.20. The Hall–Kier alpha value is -0.460. The first-order chi connectivity index (χ1) is 10.4. The average Bonchev–Trinajstić information content (AvgIpc) is 3.17. The van der Waals surface area contributed by atoms with Crippen LogP contribution in [-0.2, 0) is 9.47 Å². The van der Waals surface area contributed by atoms with Gasteiger partial charge in [0.15, 0.2) is 5.96 Å². The lowest BCUT2D eigenvalue weighted by molar-refractivity contribution is 0.0191. The highest BCUT2D eigenvalue weighted by Crippen LogP contribution is 2.25. The second-order valence-electron chi connectivity index (χ2n) is 5.49. The predicted molar refractivity (Wildman–Crippen MR) is 89.3 cm³/mol. The second-order valence-corrected chi connectivity index (χ2v) is 6.90. The zero-order valence-corrected chi connectivity index (χ0v) is 13.9. The number of nitrogens with zero attached hydrogens (tertiary/aromatic N) is 1. The number of hydrogen-bond donors (Lipinski definition) is 2. The van der Waals surface area contributed by atoms with Gasteiger partial charge in [-0.2, -0.15) is 11.8 Å². The number of ether oxygens (including phenoxy) is 2. The lowest BCUT2D eigenvalue weighted by Crippen LogP contribution is -2.39. The Kier molecular flexibility index (Phi) is 8.29. The maximum absolute atomic E-state index is 5.65. The van der Waals surface area contributed by atoms with Gasteiger partial charge in [0.25, 0.3) is 0 Å². The Bertz CT molecular complexity index is 303. The predicted octanol–water partition coefficient (Wildman–Crippen LogP) is 1.63. The van der Waals surface area contributed by atoms with Gasteiger partial charge in [-0.25, -0.2) is 0 Å². The fourth-order valence-corrected chi connectivity index (χ4v) is 3.74. The first-order valence-corrected chi connectivity index (χ1v) is 9.26. The van der Waals surface area contributed by atoms with Gasteiger partial charge in [-0.15, -0.1) is 0 Å². The van der Waals surface area contributed by atoms with Crippen LogP contribution in [0, 0.1) is 0 Å². The Morgan fingerprint density at radius 2 is 2.29 bits per heavy atom. The molecule has 2 rings (SSSR count).